The third kappa shape index (κ3) is 10.0. The minimum absolute atomic E-state index is 0.0219. The van der Waals surface area contributed by atoms with Gasteiger partial charge in [-0.05, 0) is 68.1 Å². The van der Waals surface area contributed by atoms with Crippen molar-refractivity contribution in [3.8, 4) is 0 Å². The van der Waals surface area contributed by atoms with Gasteiger partial charge < -0.3 is 25.4 Å². The summed E-state index contributed by atoms with van der Waals surface area (Å²) < 4.78 is 65.2. The molecule has 0 aromatic heterocycles. The number of aryl methyl sites for hydroxylation is 1. The monoisotopic (exact) mass is 811 g/mol. The molecule has 3 heterocycles. The average molecular weight is 812 g/mol. The highest BCUT2D eigenvalue weighted by Gasteiger charge is 2.62. The molecule has 6 rings (SSSR count). The molecule has 2 aliphatic carbocycles. The highest BCUT2D eigenvalue weighted by Crippen LogP contribution is 2.45. The quantitative estimate of drug-likeness (QED) is 0.294. The molecule has 310 valence electrons. The van der Waals surface area contributed by atoms with Gasteiger partial charge >= 0.3 is 18.2 Å². The van der Waals surface area contributed by atoms with Crippen molar-refractivity contribution >= 4 is 39.8 Å². The first-order valence-corrected chi connectivity index (χ1v) is 20.7. The first-order valence-electron chi connectivity index (χ1n) is 19.2. The number of carbonyl (C=O) groups is 5. The zero-order valence-electron chi connectivity index (χ0n) is 31.9. The number of aliphatic carboxylic acids is 1. The zero-order chi connectivity index (χ0) is 41.2. The van der Waals surface area contributed by atoms with E-state index in [1.165, 1.54) is 22.1 Å². The van der Waals surface area contributed by atoms with Gasteiger partial charge in [0.1, 0.15) is 17.7 Å². The Bertz CT molecular complexity index is 1800. The van der Waals surface area contributed by atoms with Crippen LogP contribution in [-0.2, 0) is 53.4 Å². The highest BCUT2D eigenvalue weighted by molar-refractivity contribution is 7.91. The van der Waals surface area contributed by atoms with Crippen LogP contribution in [0, 0.1) is 11.8 Å². The summed E-state index contributed by atoms with van der Waals surface area (Å²) in [4.78, 5) is 67.4. The van der Waals surface area contributed by atoms with E-state index in [9.17, 15) is 40.8 Å². The van der Waals surface area contributed by atoms with Crippen LogP contribution >= 0.6 is 0 Å². The Balaban J connectivity index is 0.000000784. The number of nitrogens with one attached hydrogen (secondary N) is 3. The minimum atomic E-state index is -5.08. The van der Waals surface area contributed by atoms with Crippen molar-refractivity contribution in [1.82, 2.24) is 25.2 Å². The van der Waals surface area contributed by atoms with E-state index in [0.717, 1.165) is 44.1 Å². The molecule has 4 amide bonds. The Kier molecular flexibility index (Phi) is 13.1. The molecule has 4 N–H and O–H groups in total. The van der Waals surface area contributed by atoms with Crippen LogP contribution in [0.4, 0.5) is 18.0 Å². The molecule has 6 atom stereocenters. The minimum Gasteiger partial charge on any atom is -0.475 e. The molecule has 1 aromatic rings. The van der Waals surface area contributed by atoms with E-state index in [-0.39, 0.29) is 37.3 Å². The molecule has 0 spiro atoms. The first kappa shape index (κ1) is 42.9. The second-order valence-electron chi connectivity index (χ2n) is 15.9. The number of benzene rings is 1. The molecule has 0 radical (unpaired) electrons. The summed E-state index contributed by atoms with van der Waals surface area (Å²) in [5.41, 5.74) is 2.05. The molecule has 3 aliphatic heterocycles. The van der Waals surface area contributed by atoms with Gasteiger partial charge in [-0.15, -0.1) is 6.58 Å². The summed E-state index contributed by atoms with van der Waals surface area (Å²) in [6.45, 7) is 10.7. The Morgan fingerprint density at radius 1 is 1.07 bits per heavy atom. The van der Waals surface area contributed by atoms with Gasteiger partial charge in [0, 0.05) is 31.5 Å². The van der Waals surface area contributed by atoms with Crippen molar-refractivity contribution in [3.05, 3.63) is 47.5 Å². The molecule has 2 saturated carbocycles. The van der Waals surface area contributed by atoms with E-state index < -0.39 is 75.0 Å². The lowest BCUT2D eigenvalue weighted by molar-refractivity contribution is -0.192. The van der Waals surface area contributed by atoms with E-state index >= 15 is 0 Å². The van der Waals surface area contributed by atoms with Crippen LogP contribution in [0.2, 0.25) is 0 Å². The Hall–Kier alpha value is -4.19. The van der Waals surface area contributed by atoms with Gasteiger partial charge in [0.2, 0.25) is 21.8 Å². The second kappa shape index (κ2) is 17.1. The number of carboxylic acid groups (broad SMARTS) is 1. The Morgan fingerprint density at radius 2 is 1.73 bits per heavy atom. The number of nitrogens with zero attached hydrogens (tertiary/aromatic N) is 2. The SMILES string of the molecule is C=C[C@@H]1C[C@]1(NC(=O)[C@@H]1C[C@@H]2CN1C(=O)[C@H](C(C)C)N[C@H](C)CCCCCCc1cccc3c1CN(C3)C(=O)O2)C(=O)NS(=O)(=O)C1CC1.O=C(O)C(F)(F)F. The van der Waals surface area contributed by atoms with Crippen LogP contribution in [0.1, 0.15) is 95.2 Å². The Labute approximate surface area is 325 Å². The molecule has 1 aromatic carbocycles. The fourth-order valence-electron chi connectivity index (χ4n) is 7.70. The third-order valence-electron chi connectivity index (χ3n) is 11.2. The lowest BCUT2D eigenvalue weighted by Crippen LogP contribution is -2.59. The van der Waals surface area contributed by atoms with Crippen molar-refractivity contribution in [2.24, 2.45) is 11.8 Å². The number of amides is 4. The van der Waals surface area contributed by atoms with Crippen molar-refractivity contribution in [2.75, 3.05) is 6.54 Å². The van der Waals surface area contributed by atoms with E-state index in [1.54, 1.807) is 4.90 Å². The van der Waals surface area contributed by atoms with Crippen molar-refractivity contribution < 1.29 is 55.4 Å². The molecule has 56 heavy (non-hydrogen) atoms. The van der Waals surface area contributed by atoms with Gasteiger partial charge in [0.05, 0.1) is 17.8 Å². The van der Waals surface area contributed by atoms with Crippen LogP contribution in [0.15, 0.2) is 30.9 Å². The van der Waals surface area contributed by atoms with Gasteiger partial charge in [-0.25, -0.2) is 18.0 Å². The summed E-state index contributed by atoms with van der Waals surface area (Å²) in [5.74, 6) is -4.98. The van der Waals surface area contributed by atoms with Crippen molar-refractivity contribution in [2.45, 2.75) is 139 Å². The maximum Gasteiger partial charge on any atom is 0.490 e. The fourth-order valence-corrected chi connectivity index (χ4v) is 9.07. The van der Waals surface area contributed by atoms with Crippen LogP contribution in [-0.4, -0.2) is 101 Å². The summed E-state index contributed by atoms with van der Waals surface area (Å²) in [5, 5.41) is 12.9. The predicted octanol–water partition coefficient (Wildman–Crippen LogP) is 3.92. The zero-order valence-corrected chi connectivity index (χ0v) is 32.7. The number of hydrogen-bond acceptors (Lipinski definition) is 9. The lowest BCUT2D eigenvalue weighted by Gasteiger charge is -2.33. The Morgan fingerprint density at radius 3 is 2.34 bits per heavy atom. The largest absolute Gasteiger partial charge is 0.490 e. The maximum absolute atomic E-state index is 14.3. The number of ether oxygens (including phenoxy) is 1. The number of hydrogen-bond donors (Lipinski definition) is 4. The van der Waals surface area contributed by atoms with Crippen LogP contribution in [0.5, 0.6) is 0 Å². The van der Waals surface area contributed by atoms with Gasteiger partial charge in [-0.3, -0.25) is 24.0 Å². The standard InChI is InChI=1S/C36H51N5O7S.C2HF3O2/c1-5-26-18-36(26,34(44)39-49(46,47)28-15-16-28)38-32(42)30-17-27-20-41(30)33(43)31(22(2)3)37-23(4)11-8-6-7-9-12-24-13-10-14-25-19-40(21-29(24)25)35(45)48-27;3-2(4,5)1(6)7/h5,10,13-14,22-23,26-28,30-31,37H,1,6-9,11-12,15-21H2,2-4H3,(H,38,42)(H,39,44);(H,6,7)/t23-,26-,27-,30+,31+,36-;/m1./s1. The molecule has 4 bridgehead atoms. The molecule has 3 fully saturated rings. The number of sulfonamides is 1. The molecule has 18 heteroatoms. The number of halogens is 3. The molecule has 14 nitrogen and oxygen atoms in total. The van der Waals surface area contributed by atoms with E-state index in [1.807, 2.05) is 26.0 Å². The highest BCUT2D eigenvalue weighted by atomic mass is 32.2. The molecule has 0 unspecified atom stereocenters. The topological polar surface area (TPSA) is 192 Å². The van der Waals surface area contributed by atoms with Crippen LogP contribution in [0.25, 0.3) is 0 Å². The summed E-state index contributed by atoms with van der Waals surface area (Å²) in [6, 6.07) is 4.67. The van der Waals surface area contributed by atoms with Gasteiger partial charge in [0.25, 0.3) is 5.91 Å². The number of carbonyl (C=O) groups excluding carboxylic acids is 4. The van der Waals surface area contributed by atoms with E-state index in [0.29, 0.717) is 25.9 Å². The summed E-state index contributed by atoms with van der Waals surface area (Å²) >= 11 is 0. The van der Waals surface area contributed by atoms with Gasteiger partial charge in [0.15, 0.2) is 0 Å². The molecular weight excluding hydrogens is 760 g/mol. The van der Waals surface area contributed by atoms with Crippen LogP contribution < -0.4 is 15.4 Å². The van der Waals surface area contributed by atoms with Gasteiger partial charge in [-0.2, -0.15) is 13.2 Å². The molecular formula is C38H52F3N5O9S. The summed E-state index contributed by atoms with van der Waals surface area (Å²) in [6.07, 6.45) is 2.55. The number of alkyl halides is 3. The van der Waals surface area contributed by atoms with Crippen molar-refractivity contribution in [3.63, 3.8) is 0 Å². The molecule has 5 aliphatic rings. The smallest absolute Gasteiger partial charge is 0.475 e. The lowest BCUT2D eigenvalue weighted by atomic mass is 9.97. The average Bonchev–Trinajstić information content (AvgIpc) is 4.01. The third-order valence-corrected chi connectivity index (χ3v) is 13.0. The fraction of sp³-hybridized carbons (Fsp3) is 0.658. The summed E-state index contributed by atoms with van der Waals surface area (Å²) in [7, 11) is -3.85. The predicted molar refractivity (Wildman–Crippen MR) is 197 cm³/mol. The van der Waals surface area contributed by atoms with E-state index in [2.05, 4.69) is 34.9 Å². The van der Waals surface area contributed by atoms with Crippen molar-refractivity contribution in [1.29, 1.82) is 0 Å². The van der Waals surface area contributed by atoms with Crippen LogP contribution in [0.3, 0.4) is 0 Å². The molecule has 1 saturated heterocycles. The van der Waals surface area contributed by atoms with Gasteiger partial charge in [-0.1, -0.05) is 57.4 Å². The van der Waals surface area contributed by atoms with E-state index in [4.69, 9.17) is 14.6 Å². The maximum atomic E-state index is 14.3. The number of carboxylic acids is 1. The first-order chi connectivity index (χ1) is 26.3. The number of rotatable bonds is 7. The number of fused-ring (bicyclic) bond motifs is 3. The normalized spacial score (nSPS) is 28.5. The second-order valence-corrected chi connectivity index (χ2v) is 17.8.